The van der Waals surface area contributed by atoms with E-state index in [9.17, 15) is 4.79 Å². The second kappa shape index (κ2) is 11.5. The molecular formula is C24H32N8O. The number of piperazine rings is 1. The van der Waals surface area contributed by atoms with E-state index in [1.54, 1.807) is 12.4 Å². The average molecular weight is 449 g/mol. The quantitative estimate of drug-likeness (QED) is 0.623. The van der Waals surface area contributed by atoms with Crippen LogP contribution in [0.1, 0.15) is 24.8 Å². The van der Waals surface area contributed by atoms with Gasteiger partial charge in [-0.15, -0.1) is 0 Å². The standard InChI is InChI=1S/C24H32N8O/c25-19-20-3-5-22(6-4-20)31-13-7-21(8-14-31)29-24(33)28-11-2-12-30-15-17-32(18-16-30)23-26-9-1-10-27-23/h1,3-6,9-10,21H,2,7-8,11-18H2,(H2,28,29,33). The fraction of sp³-hybridized carbons (Fsp3) is 0.500. The van der Waals surface area contributed by atoms with Crippen molar-refractivity contribution in [1.29, 1.82) is 5.26 Å². The second-order valence-electron chi connectivity index (χ2n) is 8.55. The first-order valence-electron chi connectivity index (χ1n) is 11.7. The van der Waals surface area contributed by atoms with Gasteiger partial charge in [-0.05, 0) is 56.1 Å². The number of hydrogen-bond donors (Lipinski definition) is 2. The van der Waals surface area contributed by atoms with Gasteiger partial charge in [0.05, 0.1) is 11.6 Å². The largest absolute Gasteiger partial charge is 0.371 e. The first kappa shape index (κ1) is 22.8. The van der Waals surface area contributed by atoms with E-state index in [1.807, 2.05) is 30.3 Å². The van der Waals surface area contributed by atoms with Gasteiger partial charge in [-0.25, -0.2) is 14.8 Å². The molecule has 2 fully saturated rings. The maximum Gasteiger partial charge on any atom is 0.315 e. The normalized spacial score (nSPS) is 17.4. The Morgan fingerprint density at radius 2 is 1.70 bits per heavy atom. The van der Waals surface area contributed by atoms with Crippen molar-refractivity contribution in [1.82, 2.24) is 25.5 Å². The highest BCUT2D eigenvalue weighted by atomic mass is 16.2. The Morgan fingerprint density at radius 1 is 1.00 bits per heavy atom. The molecule has 9 heteroatoms. The molecule has 2 aliphatic rings. The number of amides is 2. The Labute approximate surface area is 195 Å². The zero-order valence-corrected chi connectivity index (χ0v) is 19.0. The van der Waals surface area contributed by atoms with E-state index in [1.165, 1.54) is 0 Å². The molecule has 2 saturated heterocycles. The van der Waals surface area contributed by atoms with Crippen LogP contribution in [0.5, 0.6) is 0 Å². The summed E-state index contributed by atoms with van der Waals surface area (Å²) in [7, 11) is 0. The number of aromatic nitrogens is 2. The average Bonchev–Trinajstić information content (AvgIpc) is 2.88. The number of carbonyl (C=O) groups excluding carboxylic acids is 1. The van der Waals surface area contributed by atoms with Crippen LogP contribution in [0, 0.1) is 11.3 Å². The molecule has 0 saturated carbocycles. The van der Waals surface area contributed by atoms with Gasteiger partial charge in [-0.3, -0.25) is 4.90 Å². The molecule has 0 aliphatic carbocycles. The third-order valence-electron chi connectivity index (χ3n) is 6.34. The van der Waals surface area contributed by atoms with Crippen molar-refractivity contribution in [3.05, 3.63) is 48.3 Å². The van der Waals surface area contributed by atoms with Crippen LogP contribution in [-0.2, 0) is 0 Å². The van der Waals surface area contributed by atoms with Gasteiger partial charge in [0, 0.05) is 69.9 Å². The lowest BCUT2D eigenvalue weighted by Gasteiger charge is -2.34. The Morgan fingerprint density at radius 3 is 2.36 bits per heavy atom. The summed E-state index contributed by atoms with van der Waals surface area (Å²) in [6, 6.07) is 11.8. The van der Waals surface area contributed by atoms with Crippen LogP contribution in [0.4, 0.5) is 16.4 Å². The molecule has 0 unspecified atom stereocenters. The molecule has 2 aliphatic heterocycles. The molecule has 0 bridgehead atoms. The molecule has 2 N–H and O–H groups in total. The predicted octanol–water partition coefficient (Wildman–Crippen LogP) is 1.83. The number of benzene rings is 1. The highest BCUT2D eigenvalue weighted by molar-refractivity contribution is 5.74. The molecule has 9 nitrogen and oxygen atoms in total. The lowest BCUT2D eigenvalue weighted by atomic mass is 10.0. The van der Waals surface area contributed by atoms with Gasteiger partial charge in [-0.2, -0.15) is 5.26 Å². The molecular weight excluding hydrogens is 416 g/mol. The van der Waals surface area contributed by atoms with E-state index in [0.717, 1.165) is 76.7 Å². The highest BCUT2D eigenvalue weighted by Crippen LogP contribution is 2.20. The summed E-state index contributed by atoms with van der Waals surface area (Å²) in [5, 5.41) is 15.1. The van der Waals surface area contributed by atoms with E-state index in [-0.39, 0.29) is 12.1 Å². The van der Waals surface area contributed by atoms with Gasteiger partial charge in [0.2, 0.25) is 5.95 Å². The Balaban J connectivity index is 1.07. The molecule has 1 aromatic heterocycles. The highest BCUT2D eigenvalue weighted by Gasteiger charge is 2.21. The third-order valence-corrected chi connectivity index (χ3v) is 6.34. The number of urea groups is 1. The van der Waals surface area contributed by atoms with Crippen LogP contribution in [0.2, 0.25) is 0 Å². The zero-order chi connectivity index (χ0) is 22.9. The van der Waals surface area contributed by atoms with Gasteiger partial charge in [0.25, 0.3) is 0 Å². The molecule has 3 heterocycles. The summed E-state index contributed by atoms with van der Waals surface area (Å²) in [6.45, 7) is 7.29. The SMILES string of the molecule is N#Cc1ccc(N2CCC(NC(=O)NCCCN3CCN(c4ncccn4)CC3)CC2)cc1. The fourth-order valence-electron chi connectivity index (χ4n) is 4.40. The molecule has 2 aromatic rings. The lowest BCUT2D eigenvalue weighted by molar-refractivity contribution is 0.230. The zero-order valence-electron chi connectivity index (χ0n) is 19.0. The van der Waals surface area contributed by atoms with Crippen molar-refractivity contribution in [2.45, 2.75) is 25.3 Å². The number of piperidine rings is 1. The van der Waals surface area contributed by atoms with Crippen molar-refractivity contribution in [3.8, 4) is 6.07 Å². The maximum atomic E-state index is 12.3. The van der Waals surface area contributed by atoms with Crippen LogP contribution >= 0.6 is 0 Å². The summed E-state index contributed by atoms with van der Waals surface area (Å²) >= 11 is 0. The summed E-state index contributed by atoms with van der Waals surface area (Å²) < 4.78 is 0. The van der Waals surface area contributed by atoms with E-state index < -0.39 is 0 Å². The number of rotatable bonds is 7. The van der Waals surface area contributed by atoms with Crippen molar-refractivity contribution in [2.75, 3.05) is 62.2 Å². The van der Waals surface area contributed by atoms with E-state index in [2.05, 4.69) is 41.4 Å². The third kappa shape index (κ3) is 6.56. The van der Waals surface area contributed by atoms with Crippen molar-refractivity contribution in [2.24, 2.45) is 0 Å². The van der Waals surface area contributed by atoms with Gasteiger partial charge < -0.3 is 20.4 Å². The van der Waals surface area contributed by atoms with Gasteiger partial charge in [-0.1, -0.05) is 0 Å². The van der Waals surface area contributed by atoms with Gasteiger partial charge in [0.1, 0.15) is 0 Å². The number of carbonyl (C=O) groups is 1. The number of nitrogens with zero attached hydrogens (tertiary/aromatic N) is 6. The molecule has 0 spiro atoms. The number of anilines is 2. The smallest absolute Gasteiger partial charge is 0.315 e. The Bertz CT molecular complexity index is 914. The van der Waals surface area contributed by atoms with Crippen molar-refractivity contribution in [3.63, 3.8) is 0 Å². The summed E-state index contributed by atoms with van der Waals surface area (Å²) in [5.41, 5.74) is 1.81. The molecule has 4 rings (SSSR count). The summed E-state index contributed by atoms with van der Waals surface area (Å²) in [5.74, 6) is 0.804. The Kier molecular flexibility index (Phi) is 7.93. The van der Waals surface area contributed by atoms with Crippen molar-refractivity contribution >= 4 is 17.7 Å². The molecule has 0 radical (unpaired) electrons. The second-order valence-corrected chi connectivity index (χ2v) is 8.55. The first-order valence-corrected chi connectivity index (χ1v) is 11.7. The van der Waals surface area contributed by atoms with Crippen LogP contribution in [0.15, 0.2) is 42.7 Å². The van der Waals surface area contributed by atoms with Gasteiger partial charge in [0.15, 0.2) is 0 Å². The minimum atomic E-state index is -0.0714. The molecule has 2 amide bonds. The van der Waals surface area contributed by atoms with E-state index >= 15 is 0 Å². The molecule has 174 valence electrons. The van der Waals surface area contributed by atoms with E-state index in [0.29, 0.717) is 12.1 Å². The molecule has 1 aromatic carbocycles. The first-order chi connectivity index (χ1) is 16.2. The number of nitrogens with one attached hydrogen (secondary N) is 2. The maximum absolute atomic E-state index is 12.3. The molecule has 33 heavy (non-hydrogen) atoms. The van der Waals surface area contributed by atoms with Crippen molar-refractivity contribution < 1.29 is 4.79 Å². The minimum absolute atomic E-state index is 0.0714. The minimum Gasteiger partial charge on any atom is -0.371 e. The number of nitriles is 1. The van der Waals surface area contributed by atoms with Crippen LogP contribution < -0.4 is 20.4 Å². The van der Waals surface area contributed by atoms with Crippen LogP contribution in [-0.4, -0.2) is 79.3 Å². The molecule has 0 atom stereocenters. The topological polar surface area (TPSA) is 100 Å². The predicted molar refractivity (Wildman–Crippen MR) is 128 cm³/mol. The van der Waals surface area contributed by atoms with Gasteiger partial charge >= 0.3 is 6.03 Å². The van der Waals surface area contributed by atoms with Crippen LogP contribution in [0.3, 0.4) is 0 Å². The summed E-state index contributed by atoms with van der Waals surface area (Å²) in [4.78, 5) is 27.9. The number of hydrogen-bond acceptors (Lipinski definition) is 7. The summed E-state index contributed by atoms with van der Waals surface area (Å²) in [6.07, 6.45) is 6.34. The Hall–Kier alpha value is -3.38. The lowest BCUT2D eigenvalue weighted by Crippen LogP contribution is -2.49. The van der Waals surface area contributed by atoms with Crippen LogP contribution in [0.25, 0.3) is 0 Å². The fourth-order valence-corrected chi connectivity index (χ4v) is 4.40. The van der Waals surface area contributed by atoms with E-state index in [4.69, 9.17) is 5.26 Å². The monoisotopic (exact) mass is 448 g/mol.